The molecule has 1 saturated heterocycles. The summed E-state index contributed by atoms with van der Waals surface area (Å²) in [6.45, 7) is 9.58. The van der Waals surface area contributed by atoms with Crippen LogP contribution in [0, 0.1) is 5.41 Å². The highest BCUT2D eigenvalue weighted by Crippen LogP contribution is 2.24. The van der Waals surface area contributed by atoms with E-state index >= 15 is 0 Å². The van der Waals surface area contributed by atoms with Crippen molar-refractivity contribution < 1.29 is 9.53 Å². The van der Waals surface area contributed by atoms with Crippen molar-refractivity contribution in [1.29, 1.82) is 0 Å². The van der Waals surface area contributed by atoms with Crippen LogP contribution in [0.4, 0.5) is 0 Å². The van der Waals surface area contributed by atoms with Gasteiger partial charge in [-0.05, 0) is 24.7 Å². The summed E-state index contributed by atoms with van der Waals surface area (Å²) in [5.74, 6) is 4.99. The molecule has 0 aromatic carbocycles. The maximum absolute atomic E-state index is 11.6. The number of thioether (sulfide) groups is 1. The van der Waals surface area contributed by atoms with Gasteiger partial charge >= 0.3 is 5.97 Å². The molecule has 6 heteroatoms. The minimum atomic E-state index is -0.0340. The highest BCUT2D eigenvalue weighted by atomic mass is 33.1. The molecule has 1 fully saturated rings. The van der Waals surface area contributed by atoms with Crippen LogP contribution in [0.5, 0.6) is 0 Å². The Morgan fingerprint density at radius 1 is 1.12 bits per heavy atom. The van der Waals surface area contributed by atoms with Crippen molar-refractivity contribution in [3.63, 3.8) is 0 Å². The topological polar surface area (TPSA) is 29.5 Å². The van der Waals surface area contributed by atoms with Gasteiger partial charge in [-0.3, -0.25) is 9.69 Å². The molecular formula is C18H35NO2S3. The quantitative estimate of drug-likeness (QED) is 0.239. The Kier molecular flexibility index (Phi) is 12.8. The molecule has 0 radical (unpaired) electrons. The molecule has 0 aromatic rings. The van der Waals surface area contributed by atoms with Crippen molar-refractivity contribution in [3.05, 3.63) is 0 Å². The van der Waals surface area contributed by atoms with Gasteiger partial charge in [0, 0.05) is 42.6 Å². The molecule has 1 aliphatic rings. The molecule has 0 spiro atoms. The third-order valence-corrected chi connectivity index (χ3v) is 7.35. The molecule has 3 nitrogen and oxygen atoms in total. The van der Waals surface area contributed by atoms with Gasteiger partial charge in [0.25, 0.3) is 0 Å². The van der Waals surface area contributed by atoms with Crippen LogP contribution >= 0.6 is 33.3 Å². The van der Waals surface area contributed by atoms with Crippen LogP contribution in [0.1, 0.15) is 59.3 Å². The number of carbonyl (C=O) groups is 1. The van der Waals surface area contributed by atoms with Crippen molar-refractivity contribution in [3.8, 4) is 0 Å². The van der Waals surface area contributed by atoms with E-state index in [9.17, 15) is 4.79 Å². The predicted octanol–water partition coefficient (Wildman–Crippen LogP) is 5.30. The van der Waals surface area contributed by atoms with Crippen molar-refractivity contribution in [2.75, 3.05) is 42.8 Å². The standard InChI is InChI=1S/C18H35NO2S3/c1-18(2,3)9-8-17(20)21-12-6-4-5-7-13-23-24-15-11-19-10-14-22-16-19/h4-16H2,1-3H3. The zero-order chi connectivity index (χ0) is 17.7. The Bertz CT molecular complexity index is 329. The molecule has 1 aliphatic heterocycles. The second-order valence-corrected chi connectivity index (χ2v) is 11.3. The molecule has 0 aromatic heterocycles. The van der Waals surface area contributed by atoms with Crippen molar-refractivity contribution >= 4 is 39.3 Å². The van der Waals surface area contributed by atoms with Gasteiger partial charge in [-0.1, -0.05) is 55.2 Å². The summed E-state index contributed by atoms with van der Waals surface area (Å²) in [6.07, 6.45) is 6.14. The number of hydrogen-bond donors (Lipinski definition) is 0. The van der Waals surface area contributed by atoms with Crippen LogP contribution in [-0.4, -0.2) is 53.7 Å². The van der Waals surface area contributed by atoms with E-state index in [0.29, 0.717) is 13.0 Å². The Balaban J connectivity index is 1.76. The first kappa shape index (κ1) is 22.5. The number of nitrogens with zero attached hydrogens (tertiary/aromatic N) is 1. The second-order valence-electron chi connectivity index (χ2n) is 7.49. The highest BCUT2D eigenvalue weighted by Gasteiger charge is 2.13. The first-order valence-corrected chi connectivity index (χ1v) is 12.8. The first-order chi connectivity index (χ1) is 11.5. The Labute approximate surface area is 161 Å². The number of carbonyl (C=O) groups excluding carboxylic acids is 1. The van der Waals surface area contributed by atoms with Crippen LogP contribution in [0.2, 0.25) is 0 Å². The van der Waals surface area contributed by atoms with Crippen LogP contribution in [-0.2, 0) is 9.53 Å². The minimum absolute atomic E-state index is 0.0340. The van der Waals surface area contributed by atoms with E-state index in [1.54, 1.807) is 0 Å². The molecule has 0 bridgehead atoms. The summed E-state index contributed by atoms with van der Waals surface area (Å²) in [7, 11) is 4.03. The fourth-order valence-corrected chi connectivity index (χ4v) is 5.47. The van der Waals surface area contributed by atoms with Gasteiger partial charge < -0.3 is 4.74 Å². The lowest BCUT2D eigenvalue weighted by molar-refractivity contribution is -0.144. The summed E-state index contributed by atoms with van der Waals surface area (Å²) < 4.78 is 5.29. The molecule has 1 rings (SSSR count). The van der Waals surface area contributed by atoms with E-state index in [2.05, 4.69) is 25.7 Å². The number of hydrogen-bond acceptors (Lipinski definition) is 6. The molecule has 0 amide bonds. The van der Waals surface area contributed by atoms with Gasteiger partial charge in [0.2, 0.25) is 0 Å². The molecular weight excluding hydrogens is 358 g/mol. The van der Waals surface area contributed by atoms with Crippen molar-refractivity contribution in [1.82, 2.24) is 4.90 Å². The summed E-state index contributed by atoms with van der Waals surface area (Å²) in [4.78, 5) is 14.1. The van der Waals surface area contributed by atoms with Crippen LogP contribution in [0.15, 0.2) is 0 Å². The maximum Gasteiger partial charge on any atom is 0.305 e. The Morgan fingerprint density at radius 3 is 2.58 bits per heavy atom. The normalized spacial score (nSPS) is 15.8. The van der Waals surface area contributed by atoms with Gasteiger partial charge in [-0.15, -0.1) is 11.8 Å². The fourth-order valence-electron chi connectivity index (χ4n) is 2.26. The summed E-state index contributed by atoms with van der Waals surface area (Å²) in [5.41, 5.74) is 0.210. The SMILES string of the molecule is CC(C)(C)CCC(=O)OCCCCCCSSCCN1CCSC1. The molecule has 0 atom stereocenters. The highest BCUT2D eigenvalue weighted by molar-refractivity contribution is 8.76. The van der Waals surface area contributed by atoms with Gasteiger partial charge in [-0.25, -0.2) is 0 Å². The number of ether oxygens (including phenoxy) is 1. The first-order valence-electron chi connectivity index (χ1n) is 9.17. The molecule has 1 heterocycles. The Morgan fingerprint density at radius 2 is 1.88 bits per heavy atom. The van der Waals surface area contributed by atoms with Gasteiger partial charge in [-0.2, -0.15) is 0 Å². The van der Waals surface area contributed by atoms with Gasteiger partial charge in [0.05, 0.1) is 6.61 Å². The largest absolute Gasteiger partial charge is 0.466 e. The maximum atomic E-state index is 11.6. The van der Waals surface area contributed by atoms with E-state index in [0.717, 1.165) is 12.8 Å². The summed E-state index contributed by atoms with van der Waals surface area (Å²) in [5, 5.41) is 0. The second kappa shape index (κ2) is 13.7. The third-order valence-electron chi connectivity index (χ3n) is 3.86. The van der Waals surface area contributed by atoms with E-state index in [4.69, 9.17) is 4.74 Å². The predicted molar refractivity (Wildman–Crippen MR) is 112 cm³/mol. The van der Waals surface area contributed by atoms with Crippen LogP contribution in [0.25, 0.3) is 0 Å². The van der Waals surface area contributed by atoms with Crippen LogP contribution < -0.4 is 0 Å². The summed E-state index contributed by atoms with van der Waals surface area (Å²) >= 11 is 2.05. The zero-order valence-electron chi connectivity index (χ0n) is 15.7. The van der Waals surface area contributed by atoms with E-state index in [-0.39, 0.29) is 11.4 Å². The molecule has 0 saturated carbocycles. The lowest BCUT2D eigenvalue weighted by atomic mass is 9.91. The average Bonchev–Trinajstić information content (AvgIpc) is 3.03. The van der Waals surface area contributed by atoms with Gasteiger partial charge in [0.15, 0.2) is 0 Å². The van der Waals surface area contributed by atoms with E-state index in [1.807, 2.05) is 33.3 Å². The Hall–Kier alpha value is 0.480. The molecule has 0 unspecified atom stereocenters. The van der Waals surface area contributed by atoms with Gasteiger partial charge in [0.1, 0.15) is 0 Å². The minimum Gasteiger partial charge on any atom is -0.466 e. The third kappa shape index (κ3) is 13.7. The number of esters is 1. The lowest BCUT2D eigenvalue weighted by Crippen LogP contribution is -2.21. The average molecular weight is 394 g/mol. The molecule has 0 aliphatic carbocycles. The van der Waals surface area contributed by atoms with E-state index < -0.39 is 0 Å². The number of rotatable bonds is 13. The van der Waals surface area contributed by atoms with Crippen molar-refractivity contribution in [2.24, 2.45) is 5.41 Å². The molecule has 24 heavy (non-hydrogen) atoms. The monoisotopic (exact) mass is 393 g/mol. The molecule has 142 valence electrons. The molecule has 0 N–H and O–H groups in total. The van der Waals surface area contributed by atoms with Crippen molar-refractivity contribution in [2.45, 2.75) is 59.3 Å². The van der Waals surface area contributed by atoms with E-state index in [1.165, 1.54) is 55.5 Å². The lowest BCUT2D eigenvalue weighted by Gasteiger charge is -2.16. The zero-order valence-corrected chi connectivity index (χ0v) is 18.1. The smallest absolute Gasteiger partial charge is 0.305 e. The number of unbranched alkanes of at least 4 members (excludes halogenated alkanes) is 3. The summed E-state index contributed by atoms with van der Waals surface area (Å²) in [6, 6.07) is 0. The fraction of sp³-hybridized carbons (Fsp3) is 0.944. The van der Waals surface area contributed by atoms with Crippen LogP contribution in [0.3, 0.4) is 0 Å².